The van der Waals surface area contributed by atoms with E-state index in [-0.39, 0.29) is 5.97 Å². The topological polar surface area (TPSA) is 41.6 Å². The molecule has 0 unspecified atom stereocenters. The number of hydrogen-bond acceptors (Lipinski definition) is 4. The Hall–Kier alpha value is -0.610. The second kappa shape index (κ2) is 10.2. The van der Waals surface area contributed by atoms with Crippen molar-refractivity contribution in [1.82, 2.24) is 10.2 Å². The van der Waals surface area contributed by atoms with Crippen LogP contribution in [0.3, 0.4) is 0 Å². The first kappa shape index (κ1) is 18.4. The van der Waals surface area contributed by atoms with Gasteiger partial charge >= 0.3 is 5.97 Å². The minimum Gasteiger partial charge on any atom is -0.466 e. The summed E-state index contributed by atoms with van der Waals surface area (Å²) >= 11 is 0. The van der Waals surface area contributed by atoms with Crippen LogP contribution in [0.4, 0.5) is 0 Å². The summed E-state index contributed by atoms with van der Waals surface area (Å²) in [6.45, 7) is 10.0. The Kier molecular flexibility index (Phi) is 9.88. The summed E-state index contributed by atoms with van der Waals surface area (Å²) in [6.07, 6.45) is 3.69. The van der Waals surface area contributed by atoms with Crippen molar-refractivity contribution in [2.24, 2.45) is 5.41 Å². The Bertz CT molecular complexity index is 240. The van der Waals surface area contributed by atoms with Gasteiger partial charge in [0.05, 0.1) is 6.61 Å². The molecule has 0 bridgehead atoms. The average molecular weight is 272 g/mol. The highest BCUT2D eigenvalue weighted by molar-refractivity contribution is 5.69. The summed E-state index contributed by atoms with van der Waals surface area (Å²) < 4.78 is 4.89. The van der Waals surface area contributed by atoms with E-state index in [4.69, 9.17) is 4.74 Å². The highest BCUT2D eigenvalue weighted by atomic mass is 16.5. The van der Waals surface area contributed by atoms with Crippen LogP contribution in [0.1, 0.15) is 46.5 Å². The molecule has 0 saturated carbocycles. The van der Waals surface area contributed by atoms with Crippen molar-refractivity contribution in [2.75, 3.05) is 40.3 Å². The Morgan fingerprint density at radius 1 is 1.21 bits per heavy atom. The molecule has 0 rings (SSSR count). The lowest BCUT2D eigenvalue weighted by atomic mass is 9.93. The molecule has 4 heteroatoms. The quantitative estimate of drug-likeness (QED) is 0.463. The highest BCUT2D eigenvalue weighted by Crippen LogP contribution is 2.14. The fourth-order valence-electron chi connectivity index (χ4n) is 2.27. The molecule has 0 atom stereocenters. The van der Waals surface area contributed by atoms with Crippen molar-refractivity contribution in [3.8, 4) is 0 Å². The fraction of sp³-hybridized carbons (Fsp3) is 0.933. The van der Waals surface area contributed by atoms with Gasteiger partial charge in [0.1, 0.15) is 0 Å². The zero-order valence-corrected chi connectivity index (χ0v) is 13.4. The number of esters is 1. The predicted octanol–water partition coefficient (Wildman–Crippen LogP) is 2.29. The molecule has 0 aliphatic rings. The lowest BCUT2D eigenvalue weighted by molar-refractivity contribution is -0.143. The van der Waals surface area contributed by atoms with Gasteiger partial charge in [-0.1, -0.05) is 20.3 Å². The lowest BCUT2D eigenvalue weighted by Crippen LogP contribution is -2.37. The van der Waals surface area contributed by atoms with Crippen LogP contribution < -0.4 is 5.32 Å². The number of carbonyl (C=O) groups is 1. The maximum Gasteiger partial charge on any atom is 0.305 e. The second-order valence-corrected chi connectivity index (χ2v) is 6.19. The summed E-state index contributed by atoms with van der Waals surface area (Å²) in [5, 5.41) is 3.50. The van der Waals surface area contributed by atoms with E-state index >= 15 is 0 Å². The number of rotatable bonds is 11. The Morgan fingerprint density at radius 3 is 2.47 bits per heavy atom. The van der Waals surface area contributed by atoms with Crippen molar-refractivity contribution in [2.45, 2.75) is 46.5 Å². The normalized spacial score (nSPS) is 11.9. The van der Waals surface area contributed by atoms with Gasteiger partial charge in [-0.05, 0) is 45.8 Å². The third-order valence-electron chi connectivity index (χ3n) is 2.89. The Labute approximate surface area is 118 Å². The van der Waals surface area contributed by atoms with Gasteiger partial charge < -0.3 is 15.0 Å². The molecule has 0 radical (unpaired) electrons. The van der Waals surface area contributed by atoms with Crippen molar-refractivity contribution in [3.63, 3.8) is 0 Å². The predicted molar refractivity (Wildman–Crippen MR) is 80.3 cm³/mol. The maximum absolute atomic E-state index is 11.1. The van der Waals surface area contributed by atoms with Gasteiger partial charge in [-0.2, -0.15) is 0 Å². The minimum atomic E-state index is -0.0671. The summed E-state index contributed by atoms with van der Waals surface area (Å²) in [5.41, 5.74) is 0.300. The second-order valence-electron chi connectivity index (χ2n) is 6.19. The van der Waals surface area contributed by atoms with Crippen molar-refractivity contribution >= 4 is 5.97 Å². The molecule has 0 aromatic carbocycles. The van der Waals surface area contributed by atoms with E-state index < -0.39 is 0 Å². The number of carbonyl (C=O) groups excluding carboxylic acids is 1. The van der Waals surface area contributed by atoms with Crippen LogP contribution in [0.25, 0.3) is 0 Å². The molecule has 0 spiro atoms. The smallest absolute Gasteiger partial charge is 0.305 e. The van der Waals surface area contributed by atoms with E-state index in [2.05, 4.69) is 38.2 Å². The molecule has 0 saturated heterocycles. The highest BCUT2D eigenvalue weighted by Gasteiger charge is 2.17. The molecular formula is C15H32N2O2. The van der Waals surface area contributed by atoms with Gasteiger partial charge in [-0.15, -0.1) is 0 Å². The van der Waals surface area contributed by atoms with Gasteiger partial charge in [0.15, 0.2) is 0 Å². The van der Waals surface area contributed by atoms with E-state index in [0.29, 0.717) is 18.4 Å². The van der Waals surface area contributed by atoms with Crippen LogP contribution in [0.2, 0.25) is 0 Å². The van der Waals surface area contributed by atoms with Crippen molar-refractivity contribution < 1.29 is 9.53 Å². The van der Waals surface area contributed by atoms with Crippen LogP contribution in [0.15, 0.2) is 0 Å². The standard InChI is InChI=1S/C15H32N2O2/c1-6-19-14(18)10-8-7-9-11-16-12-15(2,3)13-17(4)5/h16H,6-13H2,1-5H3. The van der Waals surface area contributed by atoms with Crippen LogP contribution >= 0.6 is 0 Å². The number of hydrogen-bond donors (Lipinski definition) is 1. The van der Waals surface area contributed by atoms with Gasteiger partial charge in [-0.25, -0.2) is 0 Å². The number of ether oxygens (including phenoxy) is 1. The first-order valence-corrected chi connectivity index (χ1v) is 7.38. The van der Waals surface area contributed by atoms with Gasteiger partial charge in [0, 0.05) is 19.5 Å². The molecule has 114 valence electrons. The Balaban J connectivity index is 3.42. The van der Waals surface area contributed by atoms with Crippen LogP contribution in [-0.2, 0) is 9.53 Å². The largest absolute Gasteiger partial charge is 0.466 e. The summed E-state index contributed by atoms with van der Waals surface area (Å²) in [7, 11) is 4.22. The molecular weight excluding hydrogens is 240 g/mol. The lowest BCUT2D eigenvalue weighted by Gasteiger charge is -2.28. The van der Waals surface area contributed by atoms with E-state index in [0.717, 1.165) is 38.9 Å². The van der Waals surface area contributed by atoms with Crippen LogP contribution in [0, 0.1) is 5.41 Å². The molecule has 0 amide bonds. The first-order valence-electron chi connectivity index (χ1n) is 7.38. The summed E-state index contributed by atoms with van der Waals surface area (Å²) in [5.74, 6) is -0.0671. The third-order valence-corrected chi connectivity index (χ3v) is 2.89. The molecule has 0 heterocycles. The fourth-order valence-corrected chi connectivity index (χ4v) is 2.27. The number of nitrogens with zero attached hydrogens (tertiary/aromatic N) is 1. The molecule has 0 aromatic rings. The zero-order chi connectivity index (χ0) is 14.7. The molecule has 0 aromatic heterocycles. The van der Waals surface area contributed by atoms with Crippen LogP contribution in [0.5, 0.6) is 0 Å². The first-order chi connectivity index (χ1) is 8.87. The zero-order valence-electron chi connectivity index (χ0n) is 13.4. The average Bonchev–Trinajstić information content (AvgIpc) is 2.26. The SMILES string of the molecule is CCOC(=O)CCCCCNCC(C)(C)CN(C)C. The third kappa shape index (κ3) is 12.2. The van der Waals surface area contributed by atoms with E-state index in [1.165, 1.54) is 0 Å². The van der Waals surface area contributed by atoms with Crippen molar-refractivity contribution in [3.05, 3.63) is 0 Å². The van der Waals surface area contributed by atoms with Crippen molar-refractivity contribution in [1.29, 1.82) is 0 Å². The van der Waals surface area contributed by atoms with E-state index in [1.807, 2.05) is 6.92 Å². The van der Waals surface area contributed by atoms with Gasteiger partial charge in [-0.3, -0.25) is 4.79 Å². The Morgan fingerprint density at radius 2 is 1.89 bits per heavy atom. The molecule has 4 nitrogen and oxygen atoms in total. The molecule has 19 heavy (non-hydrogen) atoms. The van der Waals surface area contributed by atoms with Gasteiger partial charge in [0.2, 0.25) is 0 Å². The molecule has 1 N–H and O–H groups in total. The molecule has 0 fully saturated rings. The number of nitrogens with one attached hydrogen (secondary N) is 1. The number of unbranched alkanes of at least 4 members (excludes halogenated alkanes) is 2. The van der Waals surface area contributed by atoms with E-state index in [9.17, 15) is 4.79 Å². The van der Waals surface area contributed by atoms with Gasteiger partial charge in [0.25, 0.3) is 0 Å². The molecule has 0 aliphatic heterocycles. The minimum absolute atomic E-state index is 0.0671. The molecule has 0 aliphatic carbocycles. The monoisotopic (exact) mass is 272 g/mol. The van der Waals surface area contributed by atoms with E-state index in [1.54, 1.807) is 0 Å². The van der Waals surface area contributed by atoms with Crippen LogP contribution in [-0.4, -0.2) is 51.2 Å². The maximum atomic E-state index is 11.1. The summed E-state index contributed by atoms with van der Waals surface area (Å²) in [6, 6.07) is 0. The summed E-state index contributed by atoms with van der Waals surface area (Å²) in [4.78, 5) is 13.3.